The molecule has 7 heteroatoms. The van der Waals surface area contributed by atoms with Crippen LogP contribution in [0.2, 0.25) is 0 Å². The Bertz CT molecular complexity index is 958. The van der Waals surface area contributed by atoms with Crippen molar-refractivity contribution in [3.8, 4) is 0 Å². The van der Waals surface area contributed by atoms with Crippen LogP contribution in [0, 0.1) is 25.5 Å². The maximum atomic E-state index is 13.7. The van der Waals surface area contributed by atoms with E-state index in [4.69, 9.17) is 0 Å². The van der Waals surface area contributed by atoms with E-state index < -0.39 is 22.8 Å². The summed E-state index contributed by atoms with van der Waals surface area (Å²) < 4.78 is 41.2. The molecule has 0 aliphatic carbocycles. The van der Waals surface area contributed by atoms with Crippen LogP contribution in [-0.4, -0.2) is 24.8 Å². The molecule has 0 radical (unpaired) electrons. The second-order valence-corrected chi connectivity index (χ2v) is 8.11. The molecule has 0 bridgehead atoms. The van der Waals surface area contributed by atoms with E-state index in [-0.39, 0.29) is 4.90 Å². The molecule has 2 aromatic heterocycles. The highest BCUT2D eigenvalue weighted by Crippen LogP contribution is 2.23. The average molecular weight is 391 g/mol. The van der Waals surface area contributed by atoms with Crippen molar-refractivity contribution in [3.05, 3.63) is 53.1 Å². The first-order valence-electron chi connectivity index (χ1n) is 9.07. The molecule has 3 aromatic rings. The summed E-state index contributed by atoms with van der Waals surface area (Å²) in [6.45, 7) is 6.86. The van der Waals surface area contributed by atoms with E-state index in [2.05, 4.69) is 28.4 Å². The Kier molecular flexibility index (Phi) is 6.11. The molecule has 2 heterocycles. The lowest BCUT2D eigenvalue weighted by Crippen LogP contribution is -2.11. The van der Waals surface area contributed by atoms with Gasteiger partial charge in [-0.2, -0.15) is 0 Å². The van der Waals surface area contributed by atoms with Gasteiger partial charge >= 0.3 is 0 Å². The van der Waals surface area contributed by atoms with E-state index in [1.807, 2.05) is 6.92 Å². The minimum absolute atomic E-state index is 0.0660. The first-order valence-corrected chi connectivity index (χ1v) is 10.4. The van der Waals surface area contributed by atoms with Gasteiger partial charge in [0.2, 0.25) is 0 Å². The highest BCUT2D eigenvalue weighted by molar-refractivity contribution is 7.91. The fraction of sp³-hybridized carbons (Fsp3) is 0.400. The zero-order valence-corrected chi connectivity index (χ0v) is 16.6. The Hall–Kier alpha value is -1.99. The van der Waals surface area contributed by atoms with E-state index in [0.29, 0.717) is 12.2 Å². The number of halogens is 2. The molecule has 3 rings (SSSR count). The Labute approximate surface area is 160 Å². The van der Waals surface area contributed by atoms with Crippen molar-refractivity contribution in [1.82, 2.24) is 14.5 Å². The molecule has 4 nitrogen and oxygen atoms in total. The van der Waals surface area contributed by atoms with Gasteiger partial charge in [0.15, 0.2) is 10.7 Å². The van der Waals surface area contributed by atoms with Crippen LogP contribution in [0.4, 0.5) is 8.78 Å². The van der Waals surface area contributed by atoms with Crippen molar-refractivity contribution in [2.75, 3.05) is 5.75 Å². The topological polar surface area (TPSA) is 53.8 Å². The number of fused-ring (bicyclic) bond motifs is 1. The summed E-state index contributed by atoms with van der Waals surface area (Å²) in [4.78, 5) is 9.12. The van der Waals surface area contributed by atoms with Gasteiger partial charge in [0.05, 0.1) is 11.7 Å². The van der Waals surface area contributed by atoms with Crippen LogP contribution in [0.1, 0.15) is 36.8 Å². The minimum Gasteiger partial charge on any atom is -0.611 e. The molecule has 0 aliphatic rings. The second-order valence-electron chi connectivity index (χ2n) is 6.57. The molecule has 0 spiro atoms. The molecule has 1 atom stereocenters. The molecule has 0 N–H and O–H groups in total. The van der Waals surface area contributed by atoms with Crippen LogP contribution in [0.5, 0.6) is 0 Å². The largest absolute Gasteiger partial charge is 0.611 e. The molecule has 1 aromatic carbocycles. The van der Waals surface area contributed by atoms with Gasteiger partial charge in [-0.1, -0.05) is 6.92 Å². The summed E-state index contributed by atoms with van der Waals surface area (Å²) in [5, 5.41) is 0. The lowest BCUT2D eigenvalue weighted by atomic mass is 10.2. The summed E-state index contributed by atoms with van der Waals surface area (Å²) in [6, 6.07) is 3.18. The quantitative estimate of drug-likeness (QED) is 0.441. The van der Waals surface area contributed by atoms with E-state index in [0.717, 1.165) is 59.6 Å². The number of benzene rings is 1. The number of aromatic nitrogens is 3. The van der Waals surface area contributed by atoms with Crippen LogP contribution >= 0.6 is 0 Å². The van der Waals surface area contributed by atoms with Crippen LogP contribution in [0.15, 0.2) is 29.3 Å². The van der Waals surface area contributed by atoms with E-state index >= 15 is 0 Å². The first-order chi connectivity index (χ1) is 12.9. The van der Waals surface area contributed by atoms with E-state index in [1.54, 1.807) is 6.20 Å². The molecule has 0 saturated carbocycles. The zero-order valence-electron chi connectivity index (χ0n) is 15.8. The predicted octanol–water partition coefficient (Wildman–Crippen LogP) is 4.48. The molecular formula is C20H23F2N3OS. The SMILES string of the molecule is CCc1nc2cnc(C)c(C)c2n1CCCC[S+]([O-])c1ccc(F)cc1F. The number of nitrogens with zero attached hydrogens (tertiary/aromatic N) is 3. The number of hydrogen-bond acceptors (Lipinski definition) is 3. The molecular weight excluding hydrogens is 368 g/mol. The Balaban J connectivity index is 1.68. The maximum absolute atomic E-state index is 13.7. The fourth-order valence-corrected chi connectivity index (χ4v) is 4.40. The van der Waals surface area contributed by atoms with Gasteiger partial charge in [-0.25, -0.2) is 13.8 Å². The Morgan fingerprint density at radius 2 is 1.96 bits per heavy atom. The minimum atomic E-state index is -1.47. The van der Waals surface area contributed by atoms with Crippen molar-refractivity contribution >= 4 is 22.2 Å². The second kappa shape index (κ2) is 8.35. The van der Waals surface area contributed by atoms with Crippen LogP contribution in [-0.2, 0) is 24.1 Å². The zero-order chi connectivity index (χ0) is 19.6. The van der Waals surface area contributed by atoms with Gasteiger partial charge in [-0.05, 0) is 55.6 Å². The Morgan fingerprint density at radius 3 is 2.67 bits per heavy atom. The Morgan fingerprint density at radius 1 is 1.19 bits per heavy atom. The summed E-state index contributed by atoms with van der Waals surface area (Å²) in [7, 11) is 0. The fourth-order valence-electron chi connectivity index (χ4n) is 3.21. The number of hydrogen-bond donors (Lipinski definition) is 0. The number of aryl methyl sites for hydroxylation is 4. The lowest BCUT2D eigenvalue weighted by molar-refractivity contribution is 0.545. The van der Waals surface area contributed by atoms with Crippen LogP contribution in [0.3, 0.4) is 0 Å². The van der Waals surface area contributed by atoms with Crippen molar-refractivity contribution < 1.29 is 13.3 Å². The highest BCUT2D eigenvalue weighted by Gasteiger charge is 2.18. The molecule has 1 unspecified atom stereocenters. The lowest BCUT2D eigenvalue weighted by Gasteiger charge is -2.13. The van der Waals surface area contributed by atoms with Gasteiger partial charge in [0.25, 0.3) is 0 Å². The highest BCUT2D eigenvalue weighted by atomic mass is 32.2. The normalized spacial score (nSPS) is 12.7. The van der Waals surface area contributed by atoms with Crippen molar-refractivity contribution in [2.24, 2.45) is 0 Å². The van der Waals surface area contributed by atoms with Crippen molar-refractivity contribution in [2.45, 2.75) is 51.5 Å². The number of pyridine rings is 1. The van der Waals surface area contributed by atoms with Gasteiger partial charge in [0, 0.05) is 24.7 Å². The van der Waals surface area contributed by atoms with Crippen molar-refractivity contribution in [1.29, 1.82) is 0 Å². The van der Waals surface area contributed by atoms with Crippen LogP contribution in [0.25, 0.3) is 11.0 Å². The summed E-state index contributed by atoms with van der Waals surface area (Å²) in [5.74, 6) is -0.0598. The van der Waals surface area contributed by atoms with Gasteiger partial charge in [0.1, 0.15) is 22.9 Å². The average Bonchev–Trinajstić information content (AvgIpc) is 3.00. The third kappa shape index (κ3) is 4.14. The summed E-state index contributed by atoms with van der Waals surface area (Å²) in [5.41, 5.74) is 4.10. The summed E-state index contributed by atoms with van der Waals surface area (Å²) >= 11 is -1.47. The predicted molar refractivity (Wildman–Crippen MR) is 103 cm³/mol. The molecule has 0 amide bonds. The smallest absolute Gasteiger partial charge is 0.188 e. The standard InChI is InChI=1S/C20H23F2N3OS/c1-4-19-24-17-12-23-14(3)13(2)20(17)25(19)9-5-6-10-27(26)18-8-7-15(21)11-16(18)22/h7-8,11-12H,4-6,9-10H2,1-3H3. The monoisotopic (exact) mass is 391 g/mol. The first kappa shape index (κ1) is 19.8. The molecule has 0 fully saturated rings. The maximum Gasteiger partial charge on any atom is 0.188 e. The molecule has 144 valence electrons. The van der Waals surface area contributed by atoms with Crippen molar-refractivity contribution in [3.63, 3.8) is 0 Å². The third-order valence-electron chi connectivity index (χ3n) is 4.77. The third-order valence-corrected chi connectivity index (χ3v) is 6.25. The number of unbranched alkanes of at least 4 members (excludes halogenated alkanes) is 1. The molecule has 0 aliphatic heterocycles. The number of rotatable bonds is 7. The van der Waals surface area contributed by atoms with E-state index in [9.17, 15) is 13.3 Å². The molecule has 27 heavy (non-hydrogen) atoms. The van der Waals surface area contributed by atoms with Gasteiger partial charge < -0.3 is 9.12 Å². The van der Waals surface area contributed by atoms with Gasteiger partial charge in [-0.15, -0.1) is 0 Å². The van der Waals surface area contributed by atoms with Gasteiger partial charge in [-0.3, -0.25) is 4.98 Å². The van der Waals surface area contributed by atoms with E-state index in [1.165, 1.54) is 6.07 Å². The summed E-state index contributed by atoms with van der Waals surface area (Å²) in [6.07, 6.45) is 4.10. The molecule has 0 saturated heterocycles. The number of imidazole rings is 1. The van der Waals surface area contributed by atoms with Crippen LogP contribution < -0.4 is 0 Å².